The van der Waals surface area contributed by atoms with Crippen molar-refractivity contribution in [1.29, 1.82) is 0 Å². The standard InChI is InChI=1S/C22H24ClN5O4S/c1-22(2,3)14-5-8-16(9-6-14)32-12-19-25-26-21(27(19)4)33-13-20(29)24-18-11-15(28(30)31)7-10-17(18)23/h5-11H,12-13H2,1-4H3,(H,24,29). The zero-order valence-electron chi connectivity index (χ0n) is 18.7. The zero-order chi connectivity index (χ0) is 24.2. The van der Waals surface area contributed by atoms with Gasteiger partial charge in [0.2, 0.25) is 5.91 Å². The van der Waals surface area contributed by atoms with Crippen LogP contribution < -0.4 is 10.1 Å². The van der Waals surface area contributed by atoms with Gasteiger partial charge in [0.15, 0.2) is 11.0 Å². The van der Waals surface area contributed by atoms with Crippen LogP contribution in [0.5, 0.6) is 5.75 Å². The maximum absolute atomic E-state index is 12.3. The van der Waals surface area contributed by atoms with Crippen LogP contribution in [-0.2, 0) is 23.9 Å². The van der Waals surface area contributed by atoms with Crippen molar-refractivity contribution >= 4 is 40.6 Å². The number of hydrogen-bond acceptors (Lipinski definition) is 7. The number of nitro benzene ring substituents is 1. The van der Waals surface area contributed by atoms with E-state index in [9.17, 15) is 14.9 Å². The Bertz CT molecular complexity index is 1160. The smallest absolute Gasteiger partial charge is 0.271 e. The summed E-state index contributed by atoms with van der Waals surface area (Å²) in [6.07, 6.45) is 0. The Morgan fingerprint density at radius 1 is 1.21 bits per heavy atom. The van der Waals surface area contributed by atoms with Crippen molar-refractivity contribution < 1.29 is 14.5 Å². The maximum atomic E-state index is 12.3. The number of ether oxygens (including phenoxy) is 1. The Kier molecular flexibility index (Phi) is 7.60. The van der Waals surface area contributed by atoms with Crippen molar-refractivity contribution in [2.75, 3.05) is 11.1 Å². The molecule has 174 valence electrons. The van der Waals surface area contributed by atoms with E-state index in [2.05, 4.69) is 36.3 Å². The number of aromatic nitrogens is 3. The number of hydrogen-bond donors (Lipinski definition) is 1. The molecule has 0 aliphatic carbocycles. The van der Waals surface area contributed by atoms with E-state index in [1.54, 1.807) is 11.6 Å². The van der Waals surface area contributed by atoms with Crippen LogP contribution in [0.3, 0.4) is 0 Å². The first-order chi connectivity index (χ1) is 15.5. The third-order valence-electron chi connectivity index (χ3n) is 4.78. The summed E-state index contributed by atoms with van der Waals surface area (Å²) in [7, 11) is 1.79. The van der Waals surface area contributed by atoms with Gasteiger partial charge in [0.1, 0.15) is 12.4 Å². The van der Waals surface area contributed by atoms with E-state index < -0.39 is 4.92 Å². The lowest BCUT2D eigenvalue weighted by Crippen LogP contribution is -2.15. The molecule has 0 saturated carbocycles. The van der Waals surface area contributed by atoms with E-state index in [4.69, 9.17) is 16.3 Å². The van der Waals surface area contributed by atoms with Gasteiger partial charge in [-0.15, -0.1) is 10.2 Å². The lowest BCUT2D eigenvalue weighted by atomic mass is 9.87. The molecule has 0 bridgehead atoms. The molecule has 1 heterocycles. The fourth-order valence-corrected chi connectivity index (χ4v) is 3.73. The molecule has 11 heteroatoms. The number of nitro groups is 1. The molecular formula is C22H24ClN5O4S. The molecule has 0 unspecified atom stereocenters. The highest BCUT2D eigenvalue weighted by Gasteiger charge is 2.16. The van der Waals surface area contributed by atoms with Crippen LogP contribution in [0.4, 0.5) is 11.4 Å². The van der Waals surface area contributed by atoms with Gasteiger partial charge < -0.3 is 14.6 Å². The maximum Gasteiger partial charge on any atom is 0.271 e. The lowest BCUT2D eigenvalue weighted by molar-refractivity contribution is -0.384. The number of rotatable bonds is 8. The molecule has 3 rings (SSSR count). The van der Waals surface area contributed by atoms with Crippen molar-refractivity contribution in [3.8, 4) is 5.75 Å². The van der Waals surface area contributed by atoms with Crippen LogP contribution in [0.1, 0.15) is 32.2 Å². The minimum Gasteiger partial charge on any atom is -0.486 e. The van der Waals surface area contributed by atoms with E-state index in [1.165, 1.54) is 35.5 Å². The Morgan fingerprint density at radius 3 is 2.55 bits per heavy atom. The van der Waals surface area contributed by atoms with Gasteiger partial charge in [-0.3, -0.25) is 14.9 Å². The zero-order valence-corrected chi connectivity index (χ0v) is 20.2. The number of thioether (sulfide) groups is 1. The first-order valence-electron chi connectivity index (χ1n) is 10.0. The molecule has 1 aromatic heterocycles. The van der Waals surface area contributed by atoms with Crippen molar-refractivity contribution in [1.82, 2.24) is 14.8 Å². The van der Waals surface area contributed by atoms with E-state index in [0.29, 0.717) is 11.0 Å². The quantitative estimate of drug-likeness (QED) is 0.269. The summed E-state index contributed by atoms with van der Waals surface area (Å²) in [6, 6.07) is 11.8. The molecule has 0 spiro atoms. The molecule has 2 aromatic carbocycles. The molecular weight excluding hydrogens is 466 g/mol. The summed E-state index contributed by atoms with van der Waals surface area (Å²) >= 11 is 7.20. The Hall–Kier alpha value is -3.11. The number of carbonyl (C=O) groups is 1. The number of nitrogens with one attached hydrogen (secondary N) is 1. The van der Waals surface area contributed by atoms with E-state index in [0.717, 1.165) is 5.75 Å². The topological polar surface area (TPSA) is 112 Å². The highest BCUT2D eigenvalue weighted by atomic mass is 35.5. The van der Waals surface area contributed by atoms with E-state index in [-0.39, 0.29) is 40.1 Å². The predicted octanol–water partition coefficient (Wildman–Crippen LogP) is 4.98. The first-order valence-corrected chi connectivity index (χ1v) is 11.4. The van der Waals surface area contributed by atoms with Crippen LogP contribution in [0, 0.1) is 10.1 Å². The van der Waals surface area contributed by atoms with Crippen LogP contribution >= 0.6 is 23.4 Å². The number of amides is 1. The van der Waals surface area contributed by atoms with Crippen molar-refractivity contribution in [2.45, 2.75) is 37.9 Å². The summed E-state index contributed by atoms with van der Waals surface area (Å²) in [5.74, 6) is 0.996. The fraction of sp³-hybridized carbons (Fsp3) is 0.318. The van der Waals surface area contributed by atoms with Crippen LogP contribution in [0.2, 0.25) is 5.02 Å². The average Bonchev–Trinajstić information content (AvgIpc) is 3.11. The molecule has 9 nitrogen and oxygen atoms in total. The number of halogens is 1. The van der Waals surface area contributed by atoms with Gasteiger partial charge in [-0.05, 0) is 29.2 Å². The van der Waals surface area contributed by atoms with Gasteiger partial charge in [0, 0.05) is 19.2 Å². The number of benzene rings is 2. The van der Waals surface area contributed by atoms with Crippen LogP contribution in [0.15, 0.2) is 47.6 Å². The van der Waals surface area contributed by atoms with Gasteiger partial charge in [0.05, 0.1) is 21.4 Å². The minimum absolute atomic E-state index is 0.0279. The molecule has 3 aromatic rings. The first kappa shape index (κ1) is 24.5. The van der Waals surface area contributed by atoms with E-state index in [1.807, 2.05) is 24.3 Å². The van der Waals surface area contributed by atoms with Crippen molar-refractivity contribution in [3.05, 3.63) is 69.0 Å². The number of anilines is 1. The Balaban J connectivity index is 1.55. The van der Waals surface area contributed by atoms with E-state index >= 15 is 0 Å². The SMILES string of the molecule is Cn1c(COc2ccc(C(C)(C)C)cc2)nnc1SCC(=O)Nc1cc([N+](=O)[O-])ccc1Cl. The van der Waals surface area contributed by atoms with Gasteiger partial charge in [-0.25, -0.2) is 0 Å². The third kappa shape index (κ3) is 6.45. The lowest BCUT2D eigenvalue weighted by Gasteiger charge is -2.19. The molecule has 0 aliphatic rings. The fourth-order valence-electron chi connectivity index (χ4n) is 2.83. The molecule has 33 heavy (non-hydrogen) atoms. The molecule has 1 N–H and O–H groups in total. The van der Waals surface area contributed by atoms with Crippen molar-refractivity contribution in [3.63, 3.8) is 0 Å². The number of non-ortho nitro benzene ring substituents is 1. The summed E-state index contributed by atoms with van der Waals surface area (Å²) in [5.41, 5.74) is 1.31. The van der Waals surface area contributed by atoms with Gasteiger partial charge in [-0.1, -0.05) is 56.3 Å². The normalized spacial score (nSPS) is 11.3. The molecule has 0 atom stereocenters. The van der Waals surface area contributed by atoms with Gasteiger partial charge >= 0.3 is 0 Å². The third-order valence-corrected chi connectivity index (χ3v) is 6.13. The predicted molar refractivity (Wildman–Crippen MR) is 128 cm³/mol. The second-order valence-electron chi connectivity index (χ2n) is 8.28. The average molecular weight is 490 g/mol. The Morgan fingerprint density at radius 2 is 1.91 bits per heavy atom. The molecule has 0 fully saturated rings. The largest absolute Gasteiger partial charge is 0.486 e. The van der Waals surface area contributed by atoms with Gasteiger partial charge in [0.25, 0.3) is 5.69 Å². The Labute approximate surface area is 200 Å². The number of nitrogens with zero attached hydrogens (tertiary/aromatic N) is 4. The molecule has 0 aliphatic heterocycles. The summed E-state index contributed by atoms with van der Waals surface area (Å²) < 4.78 is 7.57. The minimum atomic E-state index is -0.553. The highest BCUT2D eigenvalue weighted by molar-refractivity contribution is 7.99. The summed E-state index contributed by atoms with van der Waals surface area (Å²) in [5, 5.41) is 22.5. The monoisotopic (exact) mass is 489 g/mol. The molecule has 1 amide bonds. The number of carbonyl (C=O) groups excluding carboxylic acids is 1. The second-order valence-corrected chi connectivity index (χ2v) is 9.63. The second kappa shape index (κ2) is 10.2. The molecule has 0 saturated heterocycles. The summed E-state index contributed by atoms with van der Waals surface area (Å²) in [4.78, 5) is 22.7. The van der Waals surface area contributed by atoms with Gasteiger partial charge in [-0.2, -0.15) is 0 Å². The summed E-state index contributed by atoms with van der Waals surface area (Å²) in [6.45, 7) is 6.69. The van der Waals surface area contributed by atoms with Crippen LogP contribution in [-0.4, -0.2) is 31.3 Å². The molecule has 0 radical (unpaired) electrons. The van der Waals surface area contributed by atoms with Crippen LogP contribution in [0.25, 0.3) is 0 Å². The highest BCUT2D eigenvalue weighted by Crippen LogP contribution is 2.27. The van der Waals surface area contributed by atoms with Crippen molar-refractivity contribution in [2.24, 2.45) is 7.05 Å².